The first-order valence-electron chi connectivity index (χ1n) is 9.02. The van der Waals surface area contributed by atoms with Gasteiger partial charge in [-0.25, -0.2) is 0 Å². The van der Waals surface area contributed by atoms with E-state index >= 15 is 0 Å². The molecule has 0 saturated carbocycles. The van der Waals surface area contributed by atoms with Crippen molar-refractivity contribution >= 4 is 23.4 Å². The predicted octanol–water partition coefficient (Wildman–Crippen LogP) is 4.24. The molecular formula is C21H24N4OS. The number of carbonyl (C=O) groups is 1. The highest BCUT2D eigenvalue weighted by molar-refractivity contribution is 7.99. The first-order valence-corrected chi connectivity index (χ1v) is 10.0. The molecule has 0 fully saturated rings. The van der Waals surface area contributed by atoms with Crippen molar-refractivity contribution in [2.75, 3.05) is 11.1 Å². The van der Waals surface area contributed by atoms with E-state index in [1.54, 1.807) is 0 Å². The molecule has 1 aromatic heterocycles. The zero-order valence-corrected chi connectivity index (χ0v) is 16.7. The number of nitrogens with zero attached hydrogens (tertiary/aromatic N) is 3. The molecule has 140 valence electrons. The summed E-state index contributed by atoms with van der Waals surface area (Å²) in [6.07, 6.45) is 0.733. The van der Waals surface area contributed by atoms with E-state index in [9.17, 15) is 4.79 Å². The number of hydrogen-bond donors (Lipinski definition) is 1. The van der Waals surface area contributed by atoms with E-state index < -0.39 is 0 Å². The monoisotopic (exact) mass is 380 g/mol. The van der Waals surface area contributed by atoms with Gasteiger partial charge in [0.05, 0.1) is 5.75 Å². The normalized spacial score (nSPS) is 10.8. The van der Waals surface area contributed by atoms with Crippen molar-refractivity contribution in [3.63, 3.8) is 0 Å². The second-order valence-electron chi connectivity index (χ2n) is 6.46. The number of carbonyl (C=O) groups excluding carboxylic acids is 1. The number of aromatic nitrogens is 3. The topological polar surface area (TPSA) is 59.8 Å². The smallest absolute Gasteiger partial charge is 0.234 e. The molecule has 1 N–H and O–H groups in total. The zero-order valence-electron chi connectivity index (χ0n) is 15.9. The van der Waals surface area contributed by atoms with E-state index in [4.69, 9.17) is 0 Å². The van der Waals surface area contributed by atoms with Crippen molar-refractivity contribution in [1.82, 2.24) is 14.8 Å². The van der Waals surface area contributed by atoms with Crippen molar-refractivity contribution in [2.24, 2.45) is 0 Å². The van der Waals surface area contributed by atoms with E-state index in [0.29, 0.717) is 5.75 Å². The molecule has 0 aliphatic carbocycles. The Kier molecular flexibility index (Phi) is 6.29. The standard InChI is InChI=1S/C21H24N4OS/c1-4-25-19(13-17-8-6-5-7-9-17)23-24-21(25)27-14-20(26)22-18-11-10-15(2)12-16(18)3/h5-12H,4,13-14H2,1-3H3,(H,22,26). The van der Waals surface area contributed by atoms with Crippen LogP contribution in [-0.2, 0) is 17.8 Å². The van der Waals surface area contributed by atoms with Crippen molar-refractivity contribution < 1.29 is 4.79 Å². The van der Waals surface area contributed by atoms with E-state index in [-0.39, 0.29) is 5.91 Å². The number of hydrogen-bond acceptors (Lipinski definition) is 4. The number of benzene rings is 2. The molecule has 0 unspecified atom stereocenters. The van der Waals surface area contributed by atoms with Gasteiger partial charge >= 0.3 is 0 Å². The Morgan fingerprint density at radius 3 is 2.59 bits per heavy atom. The van der Waals surface area contributed by atoms with Gasteiger partial charge in [0.1, 0.15) is 5.82 Å². The van der Waals surface area contributed by atoms with E-state index in [1.807, 2.05) is 44.2 Å². The van der Waals surface area contributed by atoms with E-state index in [0.717, 1.165) is 35.2 Å². The average molecular weight is 381 g/mol. The Labute approximate surface area is 164 Å². The van der Waals surface area contributed by atoms with Gasteiger partial charge in [-0.3, -0.25) is 4.79 Å². The highest BCUT2D eigenvalue weighted by atomic mass is 32.2. The summed E-state index contributed by atoms with van der Waals surface area (Å²) < 4.78 is 2.07. The van der Waals surface area contributed by atoms with Gasteiger partial charge in [-0.05, 0) is 38.0 Å². The van der Waals surface area contributed by atoms with Crippen LogP contribution in [0, 0.1) is 13.8 Å². The predicted molar refractivity (Wildman–Crippen MR) is 110 cm³/mol. The van der Waals surface area contributed by atoms with Crippen molar-refractivity contribution in [1.29, 1.82) is 0 Å². The quantitative estimate of drug-likeness (QED) is 0.623. The third kappa shape index (κ3) is 4.98. The third-order valence-electron chi connectivity index (χ3n) is 4.30. The molecule has 0 bridgehead atoms. The number of anilines is 1. The maximum atomic E-state index is 12.3. The van der Waals surface area contributed by atoms with Crippen molar-refractivity contribution in [3.8, 4) is 0 Å². The van der Waals surface area contributed by atoms with Gasteiger partial charge in [0, 0.05) is 18.7 Å². The van der Waals surface area contributed by atoms with Crippen LogP contribution in [0.3, 0.4) is 0 Å². The summed E-state index contributed by atoms with van der Waals surface area (Å²) in [6.45, 7) is 6.88. The van der Waals surface area contributed by atoms with Gasteiger partial charge in [-0.2, -0.15) is 0 Å². The van der Waals surface area contributed by atoms with Crippen LogP contribution < -0.4 is 5.32 Å². The molecule has 5 nitrogen and oxygen atoms in total. The first-order chi connectivity index (χ1) is 13.1. The van der Waals surface area contributed by atoms with Gasteiger partial charge < -0.3 is 9.88 Å². The lowest BCUT2D eigenvalue weighted by Gasteiger charge is -2.10. The molecule has 0 radical (unpaired) electrons. The summed E-state index contributed by atoms with van der Waals surface area (Å²) in [6, 6.07) is 16.2. The number of nitrogens with one attached hydrogen (secondary N) is 1. The number of amides is 1. The Bertz CT molecular complexity index is 921. The molecule has 0 atom stereocenters. The Morgan fingerprint density at radius 2 is 1.89 bits per heavy atom. The summed E-state index contributed by atoms with van der Waals surface area (Å²) in [5.41, 5.74) is 4.30. The Balaban J connectivity index is 1.63. The molecule has 3 rings (SSSR count). The largest absolute Gasteiger partial charge is 0.325 e. The zero-order chi connectivity index (χ0) is 19.2. The number of rotatable bonds is 7. The van der Waals surface area contributed by atoms with Crippen LogP contribution in [-0.4, -0.2) is 26.4 Å². The lowest BCUT2D eigenvalue weighted by Crippen LogP contribution is -2.15. The van der Waals surface area contributed by atoms with E-state index in [1.165, 1.54) is 22.9 Å². The highest BCUT2D eigenvalue weighted by Gasteiger charge is 2.14. The molecule has 1 heterocycles. The lowest BCUT2D eigenvalue weighted by atomic mass is 10.1. The molecule has 27 heavy (non-hydrogen) atoms. The Hall–Kier alpha value is -2.60. The minimum atomic E-state index is -0.0396. The molecule has 6 heteroatoms. The second kappa shape index (κ2) is 8.86. The van der Waals surface area contributed by atoms with Crippen LogP contribution >= 0.6 is 11.8 Å². The fourth-order valence-corrected chi connectivity index (χ4v) is 3.74. The summed E-state index contributed by atoms with van der Waals surface area (Å²) in [5, 5.41) is 12.4. The minimum absolute atomic E-state index is 0.0396. The fraction of sp³-hybridized carbons (Fsp3) is 0.286. The van der Waals surface area contributed by atoms with Crippen LogP contribution in [0.25, 0.3) is 0 Å². The van der Waals surface area contributed by atoms with Gasteiger partial charge in [-0.15, -0.1) is 10.2 Å². The molecule has 2 aromatic carbocycles. The minimum Gasteiger partial charge on any atom is -0.325 e. The summed E-state index contributed by atoms with van der Waals surface area (Å²) in [5.74, 6) is 1.18. The molecule has 3 aromatic rings. The summed E-state index contributed by atoms with van der Waals surface area (Å²) in [7, 11) is 0. The first kappa shape index (κ1) is 19.2. The summed E-state index contributed by atoms with van der Waals surface area (Å²) in [4.78, 5) is 12.3. The van der Waals surface area contributed by atoms with Crippen LogP contribution in [0.4, 0.5) is 5.69 Å². The van der Waals surface area contributed by atoms with Gasteiger partial charge in [-0.1, -0.05) is 59.8 Å². The fourth-order valence-electron chi connectivity index (χ4n) is 2.92. The summed E-state index contributed by atoms with van der Waals surface area (Å²) >= 11 is 1.42. The molecule has 1 amide bonds. The van der Waals surface area contributed by atoms with Crippen LogP contribution in [0.15, 0.2) is 53.7 Å². The highest BCUT2D eigenvalue weighted by Crippen LogP contribution is 2.20. The second-order valence-corrected chi connectivity index (χ2v) is 7.40. The molecule has 0 aliphatic heterocycles. The lowest BCUT2D eigenvalue weighted by molar-refractivity contribution is -0.113. The van der Waals surface area contributed by atoms with Crippen LogP contribution in [0.1, 0.15) is 29.4 Å². The molecule has 0 saturated heterocycles. The number of aryl methyl sites for hydroxylation is 2. The third-order valence-corrected chi connectivity index (χ3v) is 5.27. The van der Waals surface area contributed by atoms with Gasteiger partial charge in [0.15, 0.2) is 5.16 Å². The maximum Gasteiger partial charge on any atom is 0.234 e. The van der Waals surface area contributed by atoms with Crippen LogP contribution in [0.2, 0.25) is 0 Å². The van der Waals surface area contributed by atoms with E-state index in [2.05, 4.69) is 45.2 Å². The van der Waals surface area contributed by atoms with Gasteiger partial charge in [0.25, 0.3) is 0 Å². The van der Waals surface area contributed by atoms with Crippen molar-refractivity contribution in [3.05, 3.63) is 71.0 Å². The Morgan fingerprint density at radius 1 is 1.11 bits per heavy atom. The van der Waals surface area contributed by atoms with Crippen molar-refractivity contribution in [2.45, 2.75) is 38.9 Å². The number of thioether (sulfide) groups is 1. The molecule has 0 spiro atoms. The molecular weight excluding hydrogens is 356 g/mol. The maximum absolute atomic E-state index is 12.3. The average Bonchev–Trinajstić information content (AvgIpc) is 3.04. The van der Waals surface area contributed by atoms with Gasteiger partial charge in [0.2, 0.25) is 5.91 Å². The SMILES string of the molecule is CCn1c(Cc2ccccc2)nnc1SCC(=O)Nc1ccc(C)cc1C. The molecule has 0 aliphatic rings. The van der Waals surface area contributed by atoms with Crippen LogP contribution in [0.5, 0.6) is 0 Å².